The van der Waals surface area contributed by atoms with Crippen LogP contribution in [0, 0.1) is 0 Å². The number of anilines is 1. The average Bonchev–Trinajstić information content (AvgIpc) is 3.70. The highest BCUT2D eigenvalue weighted by Gasteiger charge is 2.63. The number of rotatable bonds is 10. The van der Waals surface area contributed by atoms with Gasteiger partial charge in [0.05, 0.1) is 34.1 Å². The number of amides is 3. The van der Waals surface area contributed by atoms with Crippen molar-refractivity contribution < 1.29 is 37.0 Å². The second-order valence-corrected chi connectivity index (χ2v) is 19.1. The molecule has 2 bridgehead atoms. The second-order valence-electron chi connectivity index (χ2n) is 13.5. The molecule has 3 aromatic rings. The summed E-state index contributed by atoms with van der Waals surface area (Å²) in [5.74, 6) is -0.327. The summed E-state index contributed by atoms with van der Waals surface area (Å²) in [6, 6.07) is 2.85. The summed E-state index contributed by atoms with van der Waals surface area (Å²) in [6.07, 6.45) is 0.984. The van der Waals surface area contributed by atoms with Crippen LogP contribution in [0.3, 0.4) is 0 Å². The van der Waals surface area contributed by atoms with Crippen LogP contribution in [-0.2, 0) is 22.4 Å². The number of hydrogen-bond donors (Lipinski definition) is 0. The maximum absolute atomic E-state index is 13.6. The Labute approximate surface area is 258 Å². The van der Waals surface area contributed by atoms with Gasteiger partial charge in [-0.25, -0.2) is 14.8 Å². The van der Waals surface area contributed by atoms with Crippen molar-refractivity contribution in [3.8, 4) is 5.88 Å². The van der Waals surface area contributed by atoms with Gasteiger partial charge < -0.3 is 9.47 Å². The number of aromatic nitrogens is 4. The lowest BCUT2D eigenvalue weighted by atomic mass is 9.91. The molecule has 2 saturated carbocycles. The SMILES string of the molecule is CC(=O)c1cc2c(OC34CCC(N5C(=O)CN(c6cncc(C(F)(F)F)c6)C5=O)(CC3)C4)ncnc2n1COCC[Si](C)(C)C. The van der Waals surface area contributed by atoms with E-state index in [2.05, 4.69) is 34.6 Å². The van der Waals surface area contributed by atoms with Crippen LogP contribution in [0.25, 0.3) is 11.0 Å². The predicted molar refractivity (Wildman–Crippen MR) is 160 cm³/mol. The van der Waals surface area contributed by atoms with Crippen molar-refractivity contribution in [3.63, 3.8) is 0 Å². The lowest BCUT2D eigenvalue weighted by Crippen LogP contribution is -2.49. The van der Waals surface area contributed by atoms with Crippen LogP contribution < -0.4 is 9.64 Å². The first-order chi connectivity index (χ1) is 21.1. The third kappa shape index (κ3) is 5.71. The van der Waals surface area contributed by atoms with Crippen LogP contribution in [0.15, 0.2) is 30.9 Å². The van der Waals surface area contributed by atoms with E-state index in [-0.39, 0.29) is 24.7 Å². The number of hydrogen-bond acceptors (Lipinski definition) is 8. The van der Waals surface area contributed by atoms with E-state index in [0.717, 1.165) is 23.2 Å². The van der Waals surface area contributed by atoms with Gasteiger partial charge in [0.15, 0.2) is 5.78 Å². The quantitative estimate of drug-likeness (QED) is 0.120. The number of ketones is 1. The topological polar surface area (TPSA) is 120 Å². The zero-order valence-corrected chi connectivity index (χ0v) is 26.6. The number of fused-ring (bicyclic) bond motifs is 3. The van der Waals surface area contributed by atoms with E-state index in [9.17, 15) is 27.6 Å². The molecular weight excluding hydrogens is 609 g/mol. The van der Waals surface area contributed by atoms with Gasteiger partial charge in [0.2, 0.25) is 5.88 Å². The average molecular weight is 645 g/mol. The minimum atomic E-state index is -4.64. The van der Waals surface area contributed by atoms with E-state index >= 15 is 0 Å². The molecule has 0 radical (unpaired) electrons. The van der Waals surface area contributed by atoms with Crippen LogP contribution in [0.2, 0.25) is 25.7 Å². The molecule has 3 aromatic heterocycles. The molecule has 11 nitrogen and oxygen atoms in total. The van der Waals surface area contributed by atoms with Crippen LogP contribution >= 0.6 is 0 Å². The molecule has 3 aliphatic rings. The first-order valence-electron chi connectivity index (χ1n) is 14.9. The van der Waals surface area contributed by atoms with Crippen molar-refractivity contribution in [1.29, 1.82) is 0 Å². The highest BCUT2D eigenvalue weighted by Crippen LogP contribution is 2.56. The van der Waals surface area contributed by atoms with Gasteiger partial charge >= 0.3 is 12.2 Å². The normalized spacial score (nSPS) is 23.5. The molecule has 45 heavy (non-hydrogen) atoms. The number of urea groups is 1. The third-order valence-corrected chi connectivity index (χ3v) is 10.8. The lowest BCUT2D eigenvalue weighted by molar-refractivity contribution is -0.137. The molecule has 4 heterocycles. The second kappa shape index (κ2) is 10.9. The summed E-state index contributed by atoms with van der Waals surface area (Å²) in [6.45, 7) is 8.62. The van der Waals surface area contributed by atoms with Gasteiger partial charge in [0, 0.05) is 34.2 Å². The van der Waals surface area contributed by atoms with Crippen LogP contribution in [0.1, 0.15) is 55.1 Å². The number of imide groups is 1. The van der Waals surface area contributed by atoms with Gasteiger partial charge in [0.25, 0.3) is 5.91 Å². The van der Waals surface area contributed by atoms with E-state index in [1.54, 1.807) is 10.6 Å². The Hall–Kier alpha value is -3.85. The van der Waals surface area contributed by atoms with Crippen molar-refractivity contribution in [2.45, 2.75) is 88.8 Å². The van der Waals surface area contributed by atoms with Gasteiger partial charge in [-0.15, -0.1) is 0 Å². The molecule has 0 unspecified atom stereocenters. The number of pyridine rings is 1. The minimum Gasteiger partial charge on any atom is -0.470 e. The molecule has 0 aromatic carbocycles. The summed E-state index contributed by atoms with van der Waals surface area (Å²) in [5.41, 5.74) is -1.71. The van der Waals surface area contributed by atoms with Crippen LogP contribution in [-0.4, -0.2) is 74.5 Å². The molecule has 15 heteroatoms. The van der Waals surface area contributed by atoms with Gasteiger partial charge in [-0.1, -0.05) is 19.6 Å². The molecule has 240 valence electrons. The van der Waals surface area contributed by atoms with E-state index in [4.69, 9.17) is 9.47 Å². The first kappa shape index (κ1) is 31.1. The Bertz CT molecular complexity index is 1680. The maximum Gasteiger partial charge on any atom is 0.417 e. The molecule has 1 aliphatic heterocycles. The third-order valence-electron chi connectivity index (χ3n) is 9.09. The van der Waals surface area contributed by atoms with Crippen molar-refractivity contribution in [3.05, 3.63) is 42.1 Å². The van der Waals surface area contributed by atoms with Gasteiger partial charge in [-0.2, -0.15) is 13.2 Å². The number of Topliss-reactive ketones (excluding diaryl/α,β-unsaturated/α-hetero) is 1. The zero-order valence-electron chi connectivity index (χ0n) is 25.6. The molecule has 1 saturated heterocycles. The zero-order chi connectivity index (χ0) is 32.4. The smallest absolute Gasteiger partial charge is 0.417 e. The number of alkyl halides is 3. The van der Waals surface area contributed by atoms with Gasteiger partial charge in [-0.05, 0) is 43.9 Å². The lowest BCUT2D eigenvalue weighted by Gasteiger charge is -2.34. The highest BCUT2D eigenvalue weighted by molar-refractivity contribution is 6.76. The Morgan fingerprint density at radius 2 is 1.80 bits per heavy atom. The van der Waals surface area contributed by atoms with Crippen molar-refractivity contribution in [1.82, 2.24) is 24.4 Å². The van der Waals surface area contributed by atoms with E-state index in [1.807, 2.05) is 0 Å². The molecule has 6 rings (SSSR count). The fourth-order valence-electron chi connectivity index (χ4n) is 6.75. The standard InChI is InChI=1S/C30H35F3N6O5Si/c1-19(40)23-12-22-25(38(23)18-43-9-10-45(2,3)4)35-17-36-26(22)44-29-7-5-28(16-29,6-8-29)39-24(41)15-37(27(39)42)21-11-20(13-34-14-21)30(31,32)33/h11-14,17H,5-10,15-16,18H2,1-4H3. The minimum absolute atomic E-state index is 0.0841. The molecular formula is C30H35F3N6O5Si. The van der Waals surface area contributed by atoms with E-state index < -0.39 is 42.9 Å². The number of halogens is 3. The Morgan fingerprint density at radius 1 is 1.07 bits per heavy atom. The summed E-state index contributed by atoms with van der Waals surface area (Å²) in [5, 5.41) is 0.562. The number of nitrogens with zero attached hydrogens (tertiary/aromatic N) is 6. The van der Waals surface area contributed by atoms with Crippen molar-refractivity contribution in [2.24, 2.45) is 0 Å². The van der Waals surface area contributed by atoms with Crippen molar-refractivity contribution >= 4 is 42.5 Å². The van der Waals surface area contributed by atoms with Crippen molar-refractivity contribution in [2.75, 3.05) is 18.1 Å². The van der Waals surface area contributed by atoms with Crippen LogP contribution in [0.5, 0.6) is 5.88 Å². The number of ether oxygens (including phenoxy) is 2. The van der Waals surface area contributed by atoms with Crippen LogP contribution in [0.4, 0.5) is 23.7 Å². The summed E-state index contributed by atoms with van der Waals surface area (Å²) in [7, 11) is -1.30. The van der Waals surface area contributed by atoms with E-state index in [1.165, 1.54) is 18.2 Å². The largest absolute Gasteiger partial charge is 0.470 e. The van der Waals surface area contributed by atoms with Gasteiger partial charge in [0.1, 0.15) is 30.9 Å². The molecule has 3 fully saturated rings. The molecule has 0 atom stereocenters. The number of carbonyl (C=O) groups is 3. The maximum atomic E-state index is 13.6. The summed E-state index contributed by atoms with van der Waals surface area (Å²) in [4.78, 5) is 54.1. The molecule has 2 aliphatic carbocycles. The summed E-state index contributed by atoms with van der Waals surface area (Å²) >= 11 is 0. The molecule has 0 N–H and O–H groups in total. The fraction of sp³-hybridized carbons (Fsp3) is 0.533. The molecule has 3 amide bonds. The first-order valence-corrected chi connectivity index (χ1v) is 18.6. The Balaban J connectivity index is 1.22. The number of carbonyl (C=O) groups excluding carboxylic acids is 3. The fourth-order valence-corrected chi connectivity index (χ4v) is 7.51. The molecule has 0 spiro atoms. The van der Waals surface area contributed by atoms with E-state index in [0.29, 0.717) is 67.5 Å². The monoisotopic (exact) mass is 644 g/mol. The Kier molecular flexibility index (Phi) is 7.54. The summed E-state index contributed by atoms with van der Waals surface area (Å²) < 4.78 is 54.1. The highest BCUT2D eigenvalue weighted by atomic mass is 28.3. The predicted octanol–water partition coefficient (Wildman–Crippen LogP) is 5.66. The van der Waals surface area contributed by atoms with Gasteiger partial charge in [-0.3, -0.25) is 28.9 Å². The Morgan fingerprint density at radius 3 is 2.47 bits per heavy atom.